The summed E-state index contributed by atoms with van der Waals surface area (Å²) in [7, 11) is 0. The molecule has 0 spiro atoms. The first-order valence-corrected chi connectivity index (χ1v) is 5.19. The third-order valence-electron chi connectivity index (χ3n) is 0.496. The molecule has 0 atom stereocenters. The zero-order valence-electron chi connectivity index (χ0n) is 12.3. The second-order valence-electron chi connectivity index (χ2n) is 3.50. The number of carbonyl (C=O) groups excluding carboxylic acids is 3. The Labute approximate surface area is 125 Å². The van der Waals surface area contributed by atoms with Crippen molar-refractivity contribution in [2.75, 3.05) is 0 Å². The molecule has 0 unspecified atom stereocenters. The van der Waals surface area contributed by atoms with Gasteiger partial charge in [-0.2, -0.15) is 6.92 Å². The SMILES string of the molecule is CC(=O)C(C)=O.CC(C)O.CC(C)O.C[C-]=O.[Ti]. The molecule has 0 radical (unpaired) electrons. The maximum absolute atomic E-state index is 9.79. The number of Topliss-reactive ketones (excluding diaryl/α,β-unsaturated/α-hetero) is 2. The van der Waals surface area contributed by atoms with Crippen LogP contribution in [0, 0.1) is 0 Å². The Morgan fingerprint density at radius 2 is 0.944 bits per heavy atom. The predicted octanol–water partition coefficient (Wildman–Crippen LogP) is 1.05. The van der Waals surface area contributed by atoms with Crippen molar-refractivity contribution in [2.45, 2.75) is 60.7 Å². The number of aliphatic hydroxyl groups is 2. The number of carbonyl (C=O) groups is 2. The van der Waals surface area contributed by atoms with Gasteiger partial charge in [0.05, 0.1) is 0 Å². The first-order valence-electron chi connectivity index (χ1n) is 5.19. The molecule has 0 aliphatic carbocycles. The summed E-state index contributed by atoms with van der Waals surface area (Å²) >= 11 is 0. The Hall–Kier alpha value is -0.356. The molecule has 0 saturated heterocycles. The van der Waals surface area contributed by atoms with Crippen molar-refractivity contribution < 1.29 is 46.3 Å². The minimum atomic E-state index is -0.380. The first-order chi connectivity index (χ1) is 7.52. The maximum atomic E-state index is 9.79. The molecule has 0 amide bonds. The molecule has 18 heavy (non-hydrogen) atoms. The molecule has 0 aromatic heterocycles. The van der Waals surface area contributed by atoms with Gasteiger partial charge in [-0.3, -0.25) is 15.9 Å². The van der Waals surface area contributed by atoms with Crippen LogP contribution in [0.4, 0.5) is 0 Å². The Kier molecular flexibility index (Phi) is 43.3. The van der Waals surface area contributed by atoms with Crippen LogP contribution in [-0.4, -0.2) is 40.3 Å². The molecule has 6 heteroatoms. The van der Waals surface area contributed by atoms with E-state index in [2.05, 4.69) is 0 Å². The molecule has 0 aromatic rings. The third-order valence-corrected chi connectivity index (χ3v) is 0.496. The molecule has 0 aromatic carbocycles. The van der Waals surface area contributed by atoms with Crippen LogP contribution in [0.1, 0.15) is 48.5 Å². The van der Waals surface area contributed by atoms with Gasteiger partial charge in [0.25, 0.3) is 0 Å². The molecule has 0 fully saturated rings. The van der Waals surface area contributed by atoms with Crippen molar-refractivity contribution in [3.63, 3.8) is 0 Å². The number of ketones is 2. The molecule has 108 valence electrons. The molecule has 0 aliphatic heterocycles. The van der Waals surface area contributed by atoms with Gasteiger partial charge in [-0.25, -0.2) is 0 Å². The van der Waals surface area contributed by atoms with E-state index in [-0.39, 0.29) is 45.5 Å². The fourth-order valence-electron chi connectivity index (χ4n) is 0. The maximum Gasteiger partial charge on any atom is 0.195 e. The van der Waals surface area contributed by atoms with Crippen molar-refractivity contribution >= 4 is 17.9 Å². The van der Waals surface area contributed by atoms with Gasteiger partial charge >= 0.3 is 0 Å². The van der Waals surface area contributed by atoms with E-state index in [9.17, 15) is 9.59 Å². The van der Waals surface area contributed by atoms with Crippen LogP contribution in [0.2, 0.25) is 0 Å². The summed E-state index contributed by atoms with van der Waals surface area (Å²) in [6.07, 6.45) is 1.17. The van der Waals surface area contributed by atoms with Crippen LogP contribution in [-0.2, 0) is 36.1 Å². The fraction of sp³-hybridized carbons (Fsp3) is 0.750. The summed E-state index contributed by atoms with van der Waals surface area (Å²) in [5.74, 6) is -0.759. The molecule has 0 bridgehead atoms. The average molecular weight is 297 g/mol. The standard InChI is InChI=1S/C4H6O2.2C3H8O.C2H3O.Ti/c1-3(5)4(2)6;2*1-3(2)4;1-2-3;/h1-2H3;2*3-4H,1-2H3;1H3;/q;;;-1;. The van der Waals surface area contributed by atoms with Crippen molar-refractivity contribution in [1.82, 2.24) is 0 Å². The zero-order chi connectivity index (χ0) is 15.0. The zero-order valence-corrected chi connectivity index (χ0v) is 13.8. The number of hydrogen-bond acceptors (Lipinski definition) is 5. The van der Waals surface area contributed by atoms with Crippen LogP contribution >= 0.6 is 0 Å². The van der Waals surface area contributed by atoms with Crippen molar-refractivity contribution in [3.05, 3.63) is 0 Å². The minimum absolute atomic E-state index is 0. The molecular weight excluding hydrogens is 272 g/mol. The Bertz CT molecular complexity index is 167. The van der Waals surface area contributed by atoms with E-state index in [0.717, 1.165) is 0 Å². The van der Waals surface area contributed by atoms with Gasteiger partial charge in [0.15, 0.2) is 11.6 Å². The van der Waals surface area contributed by atoms with E-state index < -0.39 is 0 Å². The Morgan fingerprint density at radius 3 is 0.944 bits per heavy atom. The smallest absolute Gasteiger partial charge is 0.195 e. The van der Waals surface area contributed by atoms with Gasteiger partial charge in [0.1, 0.15) is 0 Å². The summed E-state index contributed by atoms with van der Waals surface area (Å²) in [6.45, 7) is 10.7. The normalized spacial score (nSPS) is 7.28. The van der Waals surface area contributed by atoms with E-state index in [0.29, 0.717) is 0 Å². The number of hydrogen-bond donors (Lipinski definition) is 2. The van der Waals surface area contributed by atoms with Crippen molar-refractivity contribution in [3.8, 4) is 0 Å². The van der Waals surface area contributed by atoms with E-state index in [1.165, 1.54) is 27.1 Å². The Morgan fingerprint density at radius 1 is 0.889 bits per heavy atom. The molecule has 0 heterocycles. The van der Waals surface area contributed by atoms with E-state index in [4.69, 9.17) is 15.0 Å². The molecule has 0 aliphatic rings. The number of aliphatic hydroxyl groups excluding tert-OH is 2. The van der Waals surface area contributed by atoms with Crippen LogP contribution in [0.5, 0.6) is 0 Å². The topological polar surface area (TPSA) is 91.7 Å². The van der Waals surface area contributed by atoms with Gasteiger partial charge in [-0.15, -0.1) is 0 Å². The minimum Gasteiger partial charge on any atom is -0.542 e. The number of rotatable bonds is 1. The van der Waals surface area contributed by atoms with Crippen LogP contribution in [0.15, 0.2) is 0 Å². The van der Waals surface area contributed by atoms with Crippen LogP contribution < -0.4 is 0 Å². The second-order valence-corrected chi connectivity index (χ2v) is 3.50. The summed E-state index contributed by atoms with van der Waals surface area (Å²) in [5.41, 5.74) is 0. The third kappa shape index (κ3) is 253. The van der Waals surface area contributed by atoms with Crippen molar-refractivity contribution in [2.24, 2.45) is 0 Å². The van der Waals surface area contributed by atoms with Crippen LogP contribution in [0.25, 0.3) is 0 Å². The summed E-state index contributed by atoms with van der Waals surface area (Å²) < 4.78 is 0. The fourth-order valence-corrected chi connectivity index (χ4v) is 0. The monoisotopic (exact) mass is 297 g/mol. The van der Waals surface area contributed by atoms with Gasteiger partial charge < -0.3 is 15.0 Å². The first kappa shape index (κ1) is 30.6. The largest absolute Gasteiger partial charge is 0.542 e. The van der Waals surface area contributed by atoms with Gasteiger partial charge in [0, 0.05) is 47.8 Å². The molecule has 0 rings (SSSR count). The summed E-state index contributed by atoms with van der Waals surface area (Å²) in [4.78, 5) is 28.3. The van der Waals surface area contributed by atoms with Gasteiger partial charge in [0.2, 0.25) is 0 Å². The van der Waals surface area contributed by atoms with E-state index >= 15 is 0 Å². The molecule has 0 saturated carbocycles. The average Bonchev–Trinajstić information content (AvgIpc) is 2.02. The summed E-state index contributed by atoms with van der Waals surface area (Å²) in [6, 6.07) is 0. The van der Waals surface area contributed by atoms with E-state index in [1.54, 1.807) is 27.7 Å². The van der Waals surface area contributed by atoms with Gasteiger partial charge in [-0.05, 0) is 27.7 Å². The Balaban J connectivity index is -0.0000000424. The predicted molar refractivity (Wildman–Crippen MR) is 67.4 cm³/mol. The molecule has 5 nitrogen and oxygen atoms in total. The van der Waals surface area contributed by atoms with Crippen LogP contribution in [0.3, 0.4) is 0 Å². The quantitative estimate of drug-likeness (QED) is 0.429. The summed E-state index contributed by atoms with van der Waals surface area (Å²) in [5, 5.41) is 16.1. The van der Waals surface area contributed by atoms with E-state index in [1.807, 2.05) is 0 Å². The second kappa shape index (κ2) is 25.5. The van der Waals surface area contributed by atoms with Crippen molar-refractivity contribution in [1.29, 1.82) is 0 Å². The molecule has 2 N–H and O–H groups in total. The molecular formula is C12H25O5Ti-. The van der Waals surface area contributed by atoms with Gasteiger partial charge in [-0.1, -0.05) is 0 Å².